The summed E-state index contributed by atoms with van der Waals surface area (Å²) in [6.07, 6.45) is 1.75. The van der Waals surface area contributed by atoms with E-state index < -0.39 is 10.0 Å². The van der Waals surface area contributed by atoms with Crippen molar-refractivity contribution in [2.75, 3.05) is 6.54 Å². The topological polar surface area (TPSA) is 72.2 Å². The third kappa shape index (κ3) is 3.44. The van der Waals surface area contributed by atoms with E-state index in [9.17, 15) is 8.42 Å². The number of sulfonamides is 1. The maximum atomic E-state index is 11.2. The predicted molar refractivity (Wildman–Crippen MR) is 64.4 cm³/mol. The normalized spacial score (nSPS) is 13.4. The molecule has 1 atom stereocenters. The van der Waals surface area contributed by atoms with Crippen molar-refractivity contribution < 1.29 is 8.42 Å². The molecule has 0 radical (unpaired) electrons. The number of primary sulfonamides is 1. The lowest BCUT2D eigenvalue weighted by molar-refractivity contribution is 0.595. The van der Waals surface area contributed by atoms with Crippen LogP contribution in [0.1, 0.15) is 18.5 Å². The smallest absolute Gasteiger partial charge is 0.238 e. The zero-order valence-corrected chi connectivity index (χ0v) is 10.00. The quantitative estimate of drug-likeness (QED) is 0.759. The number of nitrogens with one attached hydrogen (secondary N) is 1. The van der Waals surface area contributed by atoms with Crippen molar-refractivity contribution in [2.24, 2.45) is 5.14 Å². The van der Waals surface area contributed by atoms with Gasteiger partial charge in [-0.05, 0) is 24.6 Å². The van der Waals surface area contributed by atoms with Crippen LogP contribution >= 0.6 is 0 Å². The van der Waals surface area contributed by atoms with Gasteiger partial charge in [0.15, 0.2) is 0 Å². The molecule has 0 aliphatic carbocycles. The molecule has 0 bridgehead atoms. The van der Waals surface area contributed by atoms with Crippen LogP contribution < -0.4 is 10.5 Å². The Morgan fingerprint density at radius 2 is 2.25 bits per heavy atom. The fraction of sp³-hybridized carbons (Fsp3) is 0.273. The van der Waals surface area contributed by atoms with Crippen molar-refractivity contribution in [1.29, 1.82) is 0 Å². The second-order valence-corrected chi connectivity index (χ2v) is 5.10. The van der Waals surface area contributed by atoms with Crippen molar-refractivity contribution in [3.63, 3.8) is 0 Å². The van der Waals surface area contributed by atoms with Gasteiger partial charge < -0.3 is 5.32 Å². The van der Waals surface area contributed by atoms with E-state index in [4.69, 9.17) is 5.14 Å². The van der Waals surface area contributed by atoms with Gasteiger partial charge in [0, 0.05) is 12.6 Å². The molecule has 0 aliphatic rings. The Morgan fingerprint density at radius 3 is 2.81 bits per heavy atom. The van der Waals surface area contributed by atoms with E-state index >= 15 is 0 Å². The van der Waals surface area contributed by atoms with E-state index in [2.05, 4.69) is 11.9 Å². The molecule has 0 aromatic heterocycles. The van der Waals surface area contributed by atoms with Gasteiger partial charge in [-0.15, -0.1) is 6.58 Å². The minimum absolute atomic E-state index is 0.0553. The molecule has 0 aliphatic heterocycles. The molecule has 1 unspecified atom stereocenters. The largest absolute Gasteiger partial charge is 0.307 e. The summed E-state index contributed by atoms with van der Waals surface area (Å²) < 4.78 is 22.3. The van der Waals surface area contributed by atoms with Gasteiger partial charge in [0.1, 0.15) is 0 Å². The molecule has 3 N–H and O–H groups in total. The van der Waals surface area contributed by atoms with Crippen molar-refractivity contribution >= 4 is 10.0 Å². The second kappa shape index (κ2) is 5.25. The van der Waals surface area contributed by atoms with Gasteiger partial charge in [0.05, 0.1) is 4.90 Å². The molecule has 1 aromatic rings. The van der Waals surface area contributed by atoms with Gasteiger partial charge in [0.2, 0.25) is 10.0 Å². The maximum absolute atomic E-state index is 11.2. The van der Waals surface area contributed by atoms with Crippen LogP contribution in [0.25, 0.3) is 0 Å². The minimum atomic E-state index is -3.63. The molecule has 88 valence electrons. The Kier molecular flexibility index (Phi) is 4.23. The highest BCUT2D eigenvalue weighted by Gasteiger charge is 2.10. The van der Waals surface area contributed by atoms with Gasteiger partial charge in [-0.1, -0.05) is 18.2 Å². The highest BCUT2D eigenvalue weighted by Crippen LogP contribution is 2.16. The summed E-state index contributed by atoms with van der Waals surface area (Å²) in [5.41, 5.74) is 0.883. The molecular weight excluding hydrogens is 224 g/mol. The lowest BCUT2D eigenvalue weighted by Gasteiger charge is -2.13. The number of nitrogens with two attached hydrogens (primary N) is 1. The van der Waals surface area contributed by atoms with E-state index in [1.165, 1.54) is 6.07 Å². The monoisotopic (exact) mass is 240 g/mol. The first kappa shape index (κ1) is 12.9. The van der Waals surface area contributed by atoms with Gasteiger partial charge in [0.25, 0.3) is 0 Å². The lowest BCUT2D eigenvalue weighted by atomic mass is 10.1. The zero-order valence-electron chi connectivity index (χ0n) is 9.18. The average molecular weight is 240 g/mol. The summed E-state index contributed by atoms with van der Waals surface area (Å²) in [4.78, 5) is 0.136. The molecule has 0 spiro atoms. The first-order valence-corrected chi connectivity index (χ1v) is 6.47. The van der Waals surface area contributed by atoms with Crippen LogP contribution in [-0.2, 0) is 10.0 Å². The van der Waals surface area contributed by atoms with Crippen LogP contribution in [0, 0.1) is 0 Å². The Morgan fingerprint density at radius 1 is 1.56 bits per heavy atom. The predicted octanol–water partition coefficient (Wildman–Crippen LogP) is 1.17. The van der Waals surface area contributed by atoms with Crippen LogP contribution in [0.3, 0.4) is 0 Å². The zero-order chi connectivity index (χ0) is 12.2. The fourth-order valence-corrected chi connectivity index (χ4v) is 1.91. The van der Waals surface area contributed by atoms with E-state index in [0.29, 0.717) is 6.54 Å². The Labute approximate surface area is 96.2 Å². The molecule has 1 rings (SSSR count). The molecule has 0 saturated heterocycles. The fourth-order valence-electron chi connectivity index (χ4n) is 1.34. The third-order valence-corrected chi connectivity index (χ3v) is 3.17. The van der Waals surface area contributed by atoms with Crippen molar-refractivity contribution in [3.05, 3.63) is 42.5 Å². The van der Waals surface area contributed by atoms with Crippen LogP contribution in [0.2, 0.25) is 0 Å². The number of benzene rings is 1. The standard InChI is InChI=1S/C11H16N2O2S/c1-3-7-13-9(2)10-5-4-6-11(8-10)16(12,14)15/h3-6,8-9,13H,1,7H2,2H3,(H2,12,14,15). The van der Waals surface area contributed by atoms with Gasteiger partial charge in [-0.3, -0.25) is 0 Å². The van der Waals surface area contributed by atoms with Crippen LogP contribution in [0.15, 0.2) is 41.8 Å². The number of rotatable bonds is 5. The molecule has 5 heteroatoms. The molecule has 1 aromatic carbocycles. The van der Waals surface area contributed by atoms with E-state index in [-0.39, 0.29) is 10.9 Å². The van der Waals surface area contributed by atoms with Gasteiger partial charge in [-0.25, -0.2) is 13.6 Å². The minimum Gasteiger partial charge on any atom is -0.307 e. The van der Waals surface area contributed by atoms with E-state index in [1.807, 2.05) is 13.0 Å². The average Bonchev–Trinajstić information content (AvgIpc) is 2.25. The summed E-state index contributed by atoms with van der Waals surface area (Å²) in [5, 5.41) is 8.24. The molecular formula is C11H16N2O2S. The molecule has 0 amide bonds. The summed E-state index contributed by atoms with van der Waals surface area (Å²) in [6, 6.07) is 6.66. The highest BCUT2D eigenvalue weighted by molar-refractivity contribution is 7.89. The van der Waals surface area contributed by atoms with E-state index in [1.54, 1.807) is 18.2 Å². The Hall–Kier alpha value is -1.17. The number of hydrogen-bond acceptors (Lipinski definition) is 3. The molecule has 0 fully saturated rings. The lowest BCUT2D eigenvalue weighted by Crippen LogP contribution is -2.19. The van der Waals surface area contributed by atoms with Gasteiger partial charge in [-0.2, -0.15) is 0 Å². The summed E-state index contributed by atoms with van der Waals surface area (Å²) in [6.45, 7) is 6.22. The van der Waals surface area contributed by atoms with Crippen LogP contribution in [-0.4, -0.2) is 15.0 Å². The SMILES string of the molecule is C=CCNC(C)c1cccc(S(N)(=O)=O)c1. The Balaban J connectivity index is 2.94. The van der Waals surface area contributed by atoms with Crippen molar-refractivity contribution in [2.45, 2.75) is 17.9 Å². The molecule has 4 nitrogen and oxygen atoms in total. The molecule has 0 heterocycles. The Bertz CT molecular complexity index is 469. The van der Waals surface area contributed by atoms with Crippen LogP contribution in [0.5, 0.6) is 0 Å². The second-order valence-electron chi connectivity index (χ2n) is 3.54. The summed E-state index contributed by atoms with van der Waals surface area (Å²) in [5.74, 6) is 0. The summed E-state index contributed by atoms with van der Waals surface area (Å²) >= 11 is 0. The third-order valence-electron chi connectivity index (χ3n) is 2.25. The maximum Gasteiger partial charge on any atom is 0.238 e. The van der Waals surface area contributed by atoms with E-state index in [0.717, 1.165) is 5.56 Å². The first-order chi connectivity index (χ1) is 7.45. The summed E-state index contributed by atoms with van der Waals surface area (Å²) in [7, 11) is -3.63. The first-order valence-electron chi connectivity index (χ1n) is 4.92. The molecule has 0 saturated carbocycles. The highest BCUT2D eigenvalue weighted by atomic mass is 32.2. The molecule has 16 heavy (non-hydrogen) atoms. The van der Waals surface area contributed by atoms with Crippen LogP contribution in [0.4, 0.5) is 0 Å². The number of hydrogen-bond donors (Lipinski definition) is 2. The van der Waals surface area contributed by atoms with Gasteiger partial charge >= 0.3 is 0 Å². The van der Waals surface area contributed by atoms with Crippen molar-refractivity contribution in [1.82, 2.24) is 5.32 Å². The van der Waals surface area contributed by atoms with Crippen molar-refractivity contribution in [3.8, 4) is 0 Å².